The third kappa shape index (κ3) is 3.37. The van der Waals surface area contributed by atoms with Gasteiger partial charge in [-0.05, 0) is 36.6 Å². The predicted octanol–water partition coefficient (Wildman–Crippen LogP) is 4.19. The summed E-state index contributed by atoms with van der Waals surface area (Å²) in [6.07, 6.45) is 5.49. The average molecular weight is 270 g/mol. The maximum Gasteiger partial charge on any atom is 0.0704 e. The first-order valence-corrected chi connectivity index (χ1v) is 7.86. The van der Waals surface area contributed by atoms with Gasteiger partial charge in [0.15, 0.2) is 0 Å². The standard InChI is InChI=1S/C18H26N2/c1-4-14(5-2)18(19-6-3)13-15-11-12-20-17-10-8-7-9-16(15)17/h7-12,14,18-19H,4-6,13H2,1-3H3. The fourth-order valence-electron chi connectivity index (χ4n) is 3.10. The highest BCUT2D eigenvalue weighted by molar-refractivity contribution is 5.81. The van der Waals surface area contributed by atoms with E-state index in [0.717, 1.165) is 24.4 Å². The van der Waals surface area contributed by atoms with Gasteiger partial charge in [-0.3, -0.25) is 4.98 Å². The first-order valence-electron chi connectivity index (χ1n) is 7.86. The Morgan fingerprint density at radius 3 is 2.50 bits per heavy atom. The van der Waals surface area contributed by atoms with Crippen LogP contribution in [0.15, 0.2) is 36.5 Å². The minimum absolute atomic E-state index is 0.556. The monoisotopic (exact) mass is 270 g/mol. The Balaban J connectivity index is 2.28. The number of hydrogen-bond acceptors (Lipinski definition) is 2. The third-order valence-electron chi connectivity index (χ3n) is 4.26. The molecule has 0 bridgehead atoms. The van der Waals surface area contributed by atoms with Crippen molar-refractivity contribution in [3.05, 3.63) is 42.1 Å². The highest BCUT2D eigenvalue weighted by Gasteiger charge is 2.18. The summed E-state index contributed by atoms with van der Waals surface area (Å²) >= 11 is 0. The molecule has 2 nitrogen and oxygen atoms in total. The van der Waals surface area contributed by atoms with Gasteiger partial charge in [0.1, 0.15) is 0 Å². The van der Waals surface area contributed by atoms with Crippen molar-refractivity contribution in [1.29, 1.82) is 0 Å². The lowest BCUT2D eigenvalue weighted by Gasteiger charge is -2.26. The molecule has 1 atom stereocenters. The molecule has 0 fully saturated rings. The summed E-state index contributed by atoms with van der Waals surface area (Å²) in [5.74, 6) is 0.738. The minimum atomic E-state index is 0.556. The van der Waals surface area contributed by atoms with Crippen LogP contribution in [0.25, 0.3) is 10.9 Å². The summed E-state index contributed by atoms with van der Waals surface area (Å²) < 4.78 is 0. The first-order chi connectivity index (χ1) is 9.80. The van der Waals surface area contributed by atoms with Crippen molar-refractivity contribution >= 4 is 10.9 Å². The number of rotatable bonds is 7. The topological polar surface area (TPSA) is 24.9 Å². The maximum atomic E-state index is 4.46. The van der Waals surface area contributed by atoms with Crippen molar-refractivity contribution in [3.63, 3.8) is 0 Å². The Bertz CT molecular complexity index is 526. The number of para-hydroxylation sites is 1. The van der Waals surface area contributed by atoms with Gasteiger partial charge in [-0.2, -0.15) is 0 Å². The molecule has 1 unspecified atom stereocenters. The van der Waals surface area contributed by atoms with Gasteiger partial charge in [-0.15, -0.1) is 0 Å². The van der Waals surface area contributed by atoms with E-state index in [9.17, 15) is 0 Å². The second kappa shape index (κ2) is 7.39. The number of fused-ring (bicyclic) bond motifs is 1. The van der Waals surface area contributed by atoms with E-state index in [-0.39, 0.29) is 0 Å². The van der Waals surface area contributed by atoms with Crippen LogP contribution in [0.1, 0.15) is 39.2 Å². The molecule has 20 heavy (non-hydrogen) atoms. The lowest BCUT2D eigenvalue weighted by atomic mass is 9.88. The molecule has 0 aliphatic rings. The molecule has 0 aliphatic carbocycles. The molecule has 1 aromatic carbocycles. The van der Waals surface area contributed by atoms with E-state index in [1.165, 1.54) is 23.8 Å². The van der Waals surface area contributed by atoms with Gasteiger partial charge in [-0.25, -0.2) is 0 Å². The summed E-state index contributed by atoms with van der Waals surface area (Å²) in [4.78, 5) is 4.46. The summed E-state index contributed by atoms with van der Waals surface area (Å²) in [5, 5.41) is 4.97. The van der Waals surface area contributed by atoms with Gasteiger partial charge >= 0.3 is 0 Å². The quantitative estimate of drug-likeness (QED) is 0.816. The van der Waals surface area contributed by atoms with Crippen molar-refractivity contribution in [1.82, 2.24) is 10.3 Å². The first kappa shape index (κ1) is 15.0. The second-order valence-corrected chi connectivity index (χ2v) is 5.43. The van der Waals surface area contributed by atoms with Gasteiger partial charge < -0.3 is 5.32 Å². The zero-order valence-electron chi connectivity index (χ0n) is 12.9. The average Bonchev–Trinajstić information content (AvgIpc) is 2.49. The molecule has 0 saturated heterocycles. The molecule has 1 N–H and O–H groups in total. The largest absolute Gasteiger partial charge is 0.314 e. The van der Waals surface area contributed by atoms with Crippen LogP contribution in [0.5, 0.6) is 0 Å². The van der Waals surface area contributed by atoms with Gasteiger partial charge in [0.2, 0.25) is 0 Å². The molecular formula is C18H26N2. The van der Waals surface area contributed by atoms with Crippen molar-refractivity contribution < 1.29 is 0 Å². The van der Waals surface area contributed by atoms with Gasteiger partial charge in [-0.1, -0.05) is 51.8 Å². The lowest BCUT2D eigenvalue weighted by molar-refractivity contribution is 0.337. The van der Waals surface area contributed by atoms with Crippen molar-refractivity contribution in [2.24, 2.45) is 5.92 Å². The van der Waals surface area contributed by atoms with Crippen molar-refractivity contribution in [2.75, 3.05) is 6.54 Å². The highest BCUT2D eigenvalue weighted by atomic mass is 14.9. The van der Waals surface area contributed by atoms with Crippen LogP contribution >= 0.6 is 0 Å². The Morgan fingerprint density at radius 2 is 1.80 bits per heavy atom. The Morgan fingerprint density at radius 1 is 1.05 bits per heavy atom. The molecule has 108 valence electrons. The Labute approximate surface area is 122 Å². The number of nitrogens with one attached hydrogen (secondary N) is 1. The van der Waals surface area contributed by atoms with Crippen LogP contribution in [-0.2, 0) is 6.42 Å². The van der Waals surface area contributed by atoms with E-state index in [1.807, 2.05) is 6.20 Å². The van der Waals surface area contributed by atoms with Crippen LogP contribution in [0, 0.1) is 5.92 Å². The molecule has 0 saturated carbocycles. The zero-order valence-corrected chi connectivity index (χ0v) is 12.9. The molecular weight excluding hydrogens is 244 g/mol. The smallest absolute Gasteiger partial charge is 0.0704 e. The normalized spacial score (nSPS) is 13.0. The van der Waals surface area contributed by atoms with E-state index in [4.69, 9.17) is 0 Å². The van der Waals surface area contributed by atoms with Crippen LogP contribution in [0.4, 0.5) is 0 Å². The summed E-state index contributed by atoms with van der Waals surface area (Å²) in [5.41, 5.74) is 2.51. The fourth-order valence-corrected chi connectivity index (χ4v) is 3.10. The molecule has 0 amide bonds. The predicted molar refractivity (Wildman–Crippen MR) is 87.0 cm³/mol. The molecule has 0 radical (unpaired) electrons. The fraction of sp³-hybridized carbons (Fsp3) is 0.500. The molecule has 0 spiro atoms. The number of pyridine rings is 1. The SMILES string of the molecule is CCNC(Cc1ccnc2ccccc12)C(CC)CC. The number of hydrogen-bond donors (Lipinski definition) is 1. The molecule has 1 aromatic heterocycles. The van der Waals surface area contributed by atoms with Gasteiger partial charge in [0.05, 0.1) is 5.52 Å². The second-order valence-electron chi connectivity index (χ2n) is 5.43. The molecule has 1 heterocycles. The van der Waals surface area contributed by atoms with Crippen LogP contribution in [0.3, 0.4) is 0 Å². The van der Waals surface area contributed by atoms with Crippen molar-refractivity contribution in [2.45, 2.75) is 46.1 Å². The number of likely N-dealkylation sites (N-methyl/N-ethyl adjacent to an activating group) is 1. The maximum absolute atomic E-state index is 4.46. The number of benzene rings is 1. The molecule has 2 heteroatoms. The molecule has 2 rings (SSSR count). The Hall–Kier alpha value is -1.41. The summed E-state index contributed by atoms with van der Waals surface area (Å²) in [7, 11) is 0. The van der Waals surface area contributed by atoms with Gasteiger partial charge in [0.25, 0.3) is 0 Å². The summed E-state index contributed by atoms with van der Waals surface area (Å²) in [6.45, 7) is 7.82. The minimum Gasteiger partial charge on any atom is -0.314 e. The van der Waals surface area contributed by atoms with E-state index in [2.05, 4.69) is 61.4 Å². The van der Waals surface area contributed by atoms with E-state index in [0.29, 0.717) is 6.04 Å². The Kier molecular flexibility index (Phi) is 5.54. The number of nitrogens with zero attached hydrogens (tertiary/aromatic N) is 1. The van der Waals surface area contributed by atoms with Gasteiger partial charge in [0, 0.05) is 17.6 Å². The van der Waals surface area contributed by atoms with Crippen LogP contribution in [0.2, 0.25) is 0 Å². The van der Waals surface area contributed by atoms with Crippen molar-refractivity contribution in [3.8, 4) is 0 Å². The zero-order chi connectivity index (χ0) is 14.4. The third-order valence-corrected chi connectivity index (χ3v) is 4.26. The number of aromatic nitrogens is 1. The van der Waals surface area contributed by atoms with E-state index >= 15 is 0 Å². The van der Waals surface area contributed by atoms with E-state index < -0.39 is 0 Å². The summed E-state index contributed by atoms with van der Waals surface area (Å²) in [6, 6.07) is 11.2. The van der Waals surface area contributed by atoms with Crippen LogP contribution in [-0.4, -0.2) is 17.6 Å². The molecule has 2 aromatic rings. The lowest BCUT2D eigenvalue weighted by Crippen LogP contribution is -2.37. The van der Waals surface area contributed by atoms with Crippen LogP contribution < -0.4 is 5.32 Å². The molecule has 0 aliphatic heterocycles. The highest BCUT2D eigenvalue weighted by Crippen LogP contribution is 2.22. The van der Waals surface area contributed by atoms with E-state index in [1.54, 1.807) is 0 Å².